The fourth-order valence-electron chi connectivity index (χ4n) is 4.66. The van der Waals surface area contributed by atoms with Crippen LogP contribution in [0.25, 0.3) is 11.3 Å². The second-order valence-corrected chi connectivity index (χ2v) is 9.73. The van der Waals surface area contributed by atoms with Crippen LogP contribution in [0.5, 0.6) is 0 Å². The van der Waals surface area contributed by atoms with Crippen molar-refractivity contribution in [2.45, 2.75) is 53.2 Å². The second kappa shape index (κ2) is 11.4. The van der Waals surface area contributed by atoms with Crippen LogP contribution >= 0.6 is 0 Å². The van der Waals surface area contributed by atoms with Crippen LogP contribution in [0.4, 0.5) is 11.4 Å². The number of carbonyl (C=O) groups excluding carboxylic acids is 2. The Kier molecular flexibility index (Phi) is 8.09. The van der Waals surface area contributed by atoms with E-state index in [1.165, 1.54) is 5.56 Å². The Balaban J connectivity index is 1.69. The van der Waals surface area contributed by atoms with E-state index in [1.807, 2.05) is 30.3 Å². The molecule has 2 N–H and O–H groups in total. The van der Waals surface area contributed by atoms with Gasteiger partial charge in [0.1, 0.15) is 0 Å². The molecule has 0 radical (unpaired) electrons. The van der Waals surface area contributed by atoms with Crippen LogP contribution in [0.1, 0.15) is 61.7 Å². The van der Waals surface area contributed by atoms with E-state index in [-0.39, 0.29) is 5.91 Å². The van der Waals surface area contributed by atoms with E-state index in [0.717, 1.165) is 23.4 Å². The number of carbonyl (C=O) groups is 2. The van der Waals surface area contributed by atoms with Crippen LogP contribution in [-0.4, -0.2) is 35.5 Å². The molecule has 0 bridgehead atoms. The van der Waals surface area contributed by atoms with E-state index in [0.29, 0.717) is 41.2 Å². The van der Waals surface area contributed by atoms with Gasteiger partial charge >= 0.3 is 5.97 Å². The van der Waals surface area contributed by atoms with Gasteiger partial charge in [0.05, 0.1) is 29.1 Å². The maximum Gasteiger partial charge on any atom is 0.338 e. The number of hydrogen-bond acceptors (Lipinski definition) is 5. The number of benzene rings is 3. The molecule has 0 saturated carbocycles. The summed E-state index contributed by atoms with van der Waals surface area (Å²) in [5, 5.41) is 6.43. The summed E-state index contributed by atoms with van der Waals surface area (Å²) in [7, 11) is 0. The molecule has 6 nitrogen and oxygen atoms in total. The van der Waals surface area contributed by atoms with Gasteiger partial charge in [-0.25, -0.2) is 4.79 Å². The number of rotatable bonds is 9. The van der Waals surface area contributed by atoms with Gasteiger partial charge in [-0.3, -0.25) is 9.69 Å². The Morgan fingerprint density at radius 2 is 1.59 bits per heavy atom. The standard InChI is InChI=1S/C31H35N3O3/c1-6-37-31(36)24-14-17-26-27(18-24)33-30(35)28(26)29(23-10-8-7-9-11-23)32-25-15-12-22(13-16-25)19-34(20(2)3)21(4)5/h7-18,20-21,32H,6,19H2,1-5H3,(H,33,35)/b29-28-. The molecule has 0 spiro atoms. The van der Waals surface area contributed by atoms with Gasteiger partial charge in [0.2, 0.25) is 0 Å². The molecule has 1 aliphatic rings. The van der Waals surface area contributed by atoms with Crippen LogP contribution in [0.2, 0.25) is 0 Å². The molecule has 1 amide bonds. The zero-order valence-electron chi connectivity index (χ0n) is 22.2. The first-order valence-electron chi connectivity index (χ1n) is 12.8. The zero-order valence-corrected chi connectivity index (χ0v) is 22.2. The Morgan fingerprint density at radius 1 is 0.919 bits per heavy atom. The minimum atomic E-state index is -0.410. The largest absolute Gasteiger partial charge is 0.462 e. The predicted molar refractivity (Wildman–Crippen MR) is 150 cm³/mol. The molecular formula is C31H35N3O3. The number of ether oxygens (including phenoxy) is 1. The number of nitrogens with one attached hydrogen (secondary N) is 2. The summed E-state index contributed by atoms with van der Waals surface area (Å²) in [4.78, 5) is 27.9. The molecular weight excluding hydrogens is 462 g/mol. The minimum Gasteiger partial charge on any atom is -0.462 e. The Labute approximate surface area is 219 Å². The van der Waals surface area contributed by atoms with Crippen molar-refractivity contribution in [2.75, 3.05) is 17.2 Å². The maximum absolute atomic E-state index is 13.2. The van der Waals surface area contributed by atoms with Gasteiger partial charge in [-0.05, 0) is 70.0 Å². The Bertz CT molecular complexity index is 1290. The normalized spacial score (nSPS) is 14.1. The molecule has 0 unspecified atom stereocenters. The fraction of sp³-hybridized carbons (Fsp3) is 0.290. The summed E-state index contributed by atoms with van der Waals surface area (Å²) >= 11 is 0. The van der Waals surface area contributed by atoms with Gasteiger partial charge in [0, 0.05) is 29.9 Å². The summed E-state index contributed by atoms with van der Waals surface area (Å²) in [5.41, 5.74) is 6.00. The van der Waals surface area contributed by atoms with E-state index in [2.05, 4.69) is 67.5 Å². The second-order valence-electron chi connectivity index (χ2n) is 9.73. The highest BCUT2D eigenvalue weighted by Gasteiger charge is 2.29. The minimum absolute atomic E-state index is 0.219. The zero-order chi connectivity index (χ0) is 26.5. The molecule has 6 heteroatoms. The Hall–Kier alpha value is -3.90. The molecule has 3 aromatic carbocycles. The average molecular weight is 498 g/mol. The molecule has 0 saturated heterocycles. The summed E-state index contributed by atoms with van der Waals surface area (Å²) in [5.74, 6) is -0.629. The lowest BCUT2D eigenvalue weighted by Gasteiger charge is -2.30. The van der Waals surface area contributed by atoms with Crippen LogP contribution in [0.3, 0.4) is 0 Å². The Morgan fingerprint density at radius 3 is 2.22 bits per heavy atom. The molecule has 4 rings (SSSR count). The van der Waals surface area contributed by atoms with E-state index in [4.69, 9.17) is 4.74 Å². The van der Waals surface area contributed by atoms with Crippen LogP contribution in [0.15, 0.2) is 72.8 Å². The molecule has 192 valence electrons. The first-order chi connectivity index (χ1) is 17.8. The van der Waals surface area contributed by atoms with Crippen molar-refractivity contribution >= 4 is 34.5 Å². The highest BCUT2D eigenvalue weighted by molar-refractivity contribution is 6.37. The van der Waals surface area contributed by atoms with Crippen LogP contribution in [-0.2, 0) is 16.1 Å². The topological polar surface area (TPSA) is 70.7 Å². The van der Waals surface area contributed by atoms with Gasteiger partial charge in [0.15, 0.2) is 0 Å². The molecule has 0 fully saturated rings. The molecule has 3 aromatic rings. The van der Waals surface area contributed by atoms with E-state index in [9.17, 15) is 9.59 Å². The summed E-state index contributed by atoms with van der Waals surface area (Å²) in [6.45, 7) is 11.8. The van der Waals surface area contributed by atoms with Crippen LogP contribution in [0, 0.1) is 0 Å². The summed E-state index contributed by atoms with van der Waals surface area (Å²) < 4.78 is 5.12. The van der Waals surface area contributed by atoms with Gasteiger partial charge in [-0.2, -0.15) is 0 Å². The monoisotopic (exact) mass is 497 g/mol. The summed E-state index contributed by atoms with van der Waals surface area (Å²) in [6, 6.07) is 24.2. The number of nitrogens with zero attached hydrogens (tertiary/aromatic N) is 1. The predicted octanol–water partition coefficient (Wildman–Crippen LogP) is 6.41. The van der Waals surface area contributed by atoms with Crippen molar-refractivity contribution in [3.63, 3.8) is 0 Å². The van der Waals surface area contributed by atoms with Gasteiger partial charge in [-0.15, -0.1) is 0 Å². The summed E-state index contributed by atoms with van der Waals surface area (Å²) in [6.07, 6.45) is 0. The van der Waals surface area contributed by atoms with Crippen molar-refractivity contribution < 1.29 is 14.3 Å². The third-order valence-corrected chi connectivity index (χ3v) is 6.50. The smallest absolute Gasteiger partial charge is 0.338 e. The quantitative estimate of drug-likeness (QED) is 0.264. The number of fused-ring (bicyclic) bond motifs is 1. The lowest BCUT2D eigenvalue weighted by Crippen LogP contribution is -2.36. The lowest BCUT2D eigenvalue weighted by molar-refractivity contribution is -0.110. The molecule has 0 aromatic heterocycles. The van der Waals surface area contributed by atoms with E-state index in [1.54, 1.807) is 25.1 Å². The molecule has 0 atom stereocenters. The molecule has 0 aliphatic carbocycles. The SMILES string of the molecule is CCOC(=O)c1ccc2c(c1)NC(=O)/C2=C(\Nc1ccc(CN(C(C)C)C(C)C)cc1)c1ccccc1. The fourth-order valence-corrected chi connectivity index (χ4v) is 4.66. The molecule has 1 heterocycles. The van der Waals surface area contributed by atoms with Crippen molar-refractivity contribution in [3.8, 4) is 0 Å². The van der Waals surface area contributed by atoms with Crippen molar-refractivity contribution in [2.24, 2.45) is 0 Å². The average Bonchev–Trinajstić information content (AvgIpc) is 3.21. The van der Waals surface area contributed by atoms with Gasteiger partial charge in [0.25, 0.3) is 5.91 Å². The van der Waals surface area contributed by atoms with Crippen molar-refractivity contribution in [1.82, 2.24) is 4.90 Å². The van der Waals surface area contributed by atoms with Gasteiger partial charge < -0.3 is 15.4 Å². The highest BCUT2D eigenvalue weighted by atomic mass is 16.5. The van der Waals surface area contributed by atoms with E-state index >= 15 is 0 Å². The number of esters is 1. The van der Waals surface area contributed by atoms with E-state index < -0.39 is 5.97 Å². The third kappa shape index (κ3) is 5.92. The number of amides is 1. The molecule has 37 heavy (non-hydrogen) atoms. The number of anilines is 2. The first kappa shape index (κ1) is 26.2. The highest BCUT2D eigenvalue weighted by Crippen LogP contribution is 2.38. The van der Waals surface area contributed by atoms with Gasteiger partial charge in [-0.1, -0.05) is 48.5 Å². The molecule has 1 aliphatic heterocycles. The van der Waals surface area contributed by atoms with Crippen LogP contribution < -0.4 is 10.6 Å². The third-order valence-electron chi connectivity index (χ3n) is 6.50. The van der Waals surface area contributed by atoms with Crippen molar-refractivity contribution in [1.29, 1.82) is 0 Å². The lowest BCUT2D eigenvalue weighted by atomic mass is 9.99. The first-order valence-corrected chi connectivity index (χ1v) is 12.8. The van der Waals surface area contributed by atoms with Crippen molar-refractivity contribution in [3.05, 3.63) is 95.1 Å². The maximum atomic E-state index is 13.2. The number of hydrogen-bond donors (Lipinski definition) is 2.